The number of hydrogen-bond donors (Lipinski definition) is 2. The Labute approximate surface area is 195 Å². The summed E-state index contributed by atoms with van der Waals surface area (Å²) in [6.07, 6.45) is -6.37. The number of carbonyl (C=O) groups is 2. The quantitative estimate of drug-likeness (QED) is 0.576. The normalized spacial score (nSPS) is 20.3. The SMILES string of the molecule is COCC1CC2(CCN(c3nnc(C)s3)CC2)CN1C.O=C(O)C(F)(F)F.O=C(O)C(F)(F)F. The molecule has 34 heavy (non-hydrogen) atoms. The largest absolute Gasteiger partial charge is 0.490 e. The van der Waals surface area contributed by atoms with Crippen molar-refractivity contribution in [3.05, 3.63) is 5.01 Å². The highest BCUT2D eigenvalue weighted by atomic mass is 32.1. The van der Waals surface area contributed by atoms with Gasteiger partial charge in [0.2, 0.25) is 5.13 Å². The lowest BCUT2D eigenvalue weighted by atomic mass is 9.77. The Balaban J connectivity index is 0.000000343. The van der Waals surface area contributed by atoms with Crippen molar-refractivity contribution in [1.82, 2.24) is 15.1 Å². The second-order valence-corrected chi connectivity index (χ2v) is 9.09. The molecule has 3 heterocycles. The van der Waals surface area contributed by atoms with Crippen LogP contribution in [0.1, 0.15) is 24.3 Å². The van der Waals surface area contributed by atoms with E-state index in [0.717, 1.165) is 29.8 Å². The molecule has 0 aliphatic carbocycles. The Morgan fingerprint density at radius 2 is 1.56 bits per heavy atom. The van der Waals surface area contributed by atoms with E-state index in [1.807, 2.05) is 6.92 Å². The molecule has 9 nitrogen and oxygen atoms in total. The third kappa shape index (κ3) is 9.21. The number of aromatic nitrogens is 2. The van der Waals surface area contributed by atoms with Gasteiger partial charge in [-0.2, -0.15) is 26.3 Å². The first kappa shape index (κ1) is 29.8. The second kappa shape index (κ2) is 12.0. The highest BCUT2D eigenvalue weighted by molar-refractivity contribution is 7.15. The average molecular weight is 524 g/mol. The van der Waals surface area contributed by atoms with Gasteiger partial charge in [0, 0.05) is 32.8 Å². The summed E-state index contributed by atoms with van der Waals surface area (Å²) in [5.74, 6) is -5.51. The number of likely N-dealkylation sites (N-methyl/N-ethyl adjacent to an activating group) is 1. The molecule has 0 amide bonds. The Hall–Kier alpha value is -2.20. The molecule has 2 aliphatic heterocycles. The van der Waals surface area contributed by atoms with Gasteiger partial charge in [-0.3, -0.25) is 0 Å². The van der Waals surface area contributed by atoms with E-state index in [2.05, 4.69) is 27.0 Å². The summed E-state index contributed by atoms with van der Waals surface area (Å²) in [7, 11) is 4.04. The maximum Gasteiger partial charge on any atom is 0.490 e. The van der Waals surface area contributed by atoms with Crippen molar-refractivity contribution in [3.63, 3.8) is 0 Å². The number of carboxylic acid groups (broad SMARTS) is 2. The second-order valence-electron chi connectivity index (χ2n) is 7.92. The van der Waals surface area contributed by atoms with Crippen LogP contribution < -0.4 is 4.90 Å². The maximum atomic E-state index is 10.6. The first-order valence-electron chi connectivity index (χ1n) is 9.85. The number of nitrogens with zero attached hydrogens (tertiary/aromatic N) is 4. The number of likely N-dealkylation sites (tertiary alicyclic amines) is 1. The minimum Gasteiger partial charge on any atom is -0.475 e. The number of anilines is 1. The van der Waals surface area contributed by atoms with E-state index in [4.69, 9.17) is 24.5 Å². The van der Waals surface area contributed by atoms with E-state index in [1.165, 1.54) is 25.8 Å². The number of methoxy groups -OCH3 is 1. The minimum absolute atomic E-state index is 0.494. The van der Waals surface area contributed by atoms with Crippen LogP contribution in [0.3, 0.4) is 0 Å². The van der Waals surface area contributed by atoms with E-state index in [1.54, 1.807) is 18.4 Å². The minimum atomic E-state index is -5.08. The van der Waals surface area contributed by atoms with E-state index in [9.17, 15) is 26.3 Å². The van der Waals surface area contributed by atoms with Crippen LogP contribution in [0, 0.1) is 12.3 Å². The number of hydrogen-bond acceptors (Lipinski definition) is 8. The summed E-state index contributed by atoms with van der Waals surface area (Å²) in [5, 5.41) is 24.8. The molecule has 1 aromatic rings. The summed E-state index contributed by atoms with van der Waals surface area (Å²) < 4.78 is 68.8. The molecule has 0 radical (unpaired) electrons. The topological polar surface area (TPSA) is 116 Å². The van der Waals surface area contributed by atoms with E-state index < -0.39 is 24.3 Å². The molecule has 3 rings (SSSR count). The molecule has 0 saturated carbocycles. The van der Waals surface area contributed by atoms with Crippen molar-refractivity contribution < 1.29 is 50.9 Å². The molecule has 1 atom stereocenters. The predicted molar refractivity (Wildman–Crippen MR) is 109 cm³/mol. The monoisotopic (exact) mass is 524 g/mol. The van der Waals surface area contributed by atoms with Gasteiger partial charge >= 0.3 is 24.3 Å². The molecule has 16 heteroatoms. The van der Waals surface area contributed by atoms with Gasteiger partial charge in [0.15, 0.2) is 0 Å². The molecule has 0 bridgehead atoms. The van der Waals surface area contributed by atoms with Crippen LogP contribution in [0.5, 0.6) is 0 Å². The summed E-state index contributed by atoms with van der Waals surface area (Å²) >= 11 is 1.71. The predicted octanol–water partition coefficient (Wildman–Crippen LogP) is 3.05. The fraction of sp³-hybridized carbons (Fsp3) is 0.778. The molecule has 1 aromatic heterocycles. The lowest BCUT2D eigenvalue weighted by molar-refractivity contribution is -0.193. The summed E-state index contributed by atoms with van der Waals surface area (Å²) in [6.45, 7) is 6.32. The van der Waals surface area contributed by atoms with Crippen molar-refractivity contribution in [1.29, 1.82) is 0 Å². The van der Waals surface area contributed by atoms with Crippen molar-refractivity contribution in [2.75, 3.05) is 45.3 Å². The number of piperidine rings is 1. The Morgan fingerprint density at radius 3 is 1.91 bits per heavy atom. The standard InChI is InChI=1S/C14H24N4OS.2C2HF3O2/c1-11-15-16-13(20-11)18-6-4-14(5-7-18)8-12(9-19-3)17(2)10-14;2*3-2(4,5)1(6)7/h12H,4-10H2,1-3H3;2*(H,6,7). The third-order valence-electron chi connectivity index (χ3n) is 5.33. The van der Waals surface area contributed by atoms with Gasteiger partial charge in [0.05, 0.1) is 6.61 Å². The zero-order chi connectivity index (χ0) is 26.3. The number of aryl methyl sites for hydroxylation is 1. The number of carboxylic acids is 2. The van der Waals surface area contributed by atoms with Gasteiger partial charge < -0.3 is 24.7 Å². The van der Waals surface area contributed by atoms with E-state index in [-0.39, 0.29) is 0 Å². The lowest BCUT2D eigenvalue weighted by Gasteiger charge is -2.39. The summed E-state index contributed by atoms with van der Waals surface area (Å²) in [4.78, 5) is 22.7. The van der Waals surface area contributed by atoms with Gasteiger partial charge in [-0.15, -0.1) is 10.2 Å². The van der Waals surface area contributed by atoms with Crippen molar-refractivity contribution >= 4 is 28.4 Å². The first-order chi connectivity index (χ1) is 15.5. The van der Waals surface area contributed by atoms with Crippen molar-refractivity contribution in [3.8, 4) is 0 Å². The molecule has 1 unspecified atom stereocenters. The van der Waals surface area contributed by atoms with Crippen LogP contribution in [0.2, 0.25) is 0 Å². The fourth-order valence-corrected chi connectivity index (χ4v) is 4.44. The number of rotatable bonds is 3. The average Bonchev–Trinajstić information content (AvgIpc) is 3.26. The van der Waals surface area contributed by atoms with Crippen LogP contribution >= 0.6 is 11.3 Å². The molecule has 2 saturated heterocycles. The summed E-state index contributed by atoms with van der Waals surface area (Å²) in [6, 6.07) is 0.593. The van der Waals surface area contributed by atoms with Gasteiger partial charge in [-0.25, -0.2) is 9.59 Å². The van der Waals surface area contributed by atoms with Crippen LogP contribution in [0.4, 0.5) is 31.5 Å². The van der Waals surface area contributed by atoms with Crippen LogP contribution in [0.15, 0.2) is 0 Å². The van der Waals surface area contributed by atoms with Crippen LogP contribution in [0.25, 0.3) is 0 Å². The first-order valence-corrected chi connectivity index (χ1v) is 10.7. The molecule has 2 N–H and O–H groups in total. The fourth-order valence-electron chi connectivity index (χ4n) is 3.71. The zero-order valence-electron chi connectivity index (χ0n) is 18.6. The molecule has 1 spiro atoms. The van der Waals surface area contributed by atoms with Crippen LogP contribution in [-0.4, -0.2) is 96.0 Å². The van der Waals surface area contributed by atoms with Crippen molar-refractivity contribution in [2.24, 2.45) is 5.41 Å². The smallest absolute Gasteiger partial charge is 0.475 e. The highest BCUT2D eigenvalue weighted by Gasteiger charge is 2.44. The zero-order valence-corrected chi connectivity index (χ0v) is 19.4. The van der Waals surface area contributed by atoms with Gasteiger partial charge in [0.25, 0.3) is 0 Å². The Morgan fingerprint density at radius 1 is 1.09 bits per heavy atom. The molecular formula is C18H26F6N4O5S. The third-order valence-corrected chi connectivity index (χ3v) is 6.23. The molecule has 0 aromatic carbocycles. The molecule has 2 aliphatic rings. The van der Waals surface area contributed by atoms with Gasteiger partial charge in [-0.05, 0) is 38.6 Å². The van der Waals surface area contributed by atoms with Crippen molar-refractivity contribution in [2.45, 2.75) is 44.6 Å². The number of alkyl halides is 6. The summed E-state index contributed by atoms with van der Waals surface area (Å²) in [5.41, 5.74) is 0.494. The molecular weight excluding hydrogens is 498 g/mol. The maximum absolute atomic E-state index is 10.6. The number of halogens is 6. The Bertz CT molecular complexity index is 787. The molecule has 2 fully saturated rings. The highest BCUT2D eigenvalue weighted by Crippen LogP contribution is 2.43. The Kier molecular flexibility index (Phi) is 10.5. The van der Waals surface area contributed by atoms with Gasteiger partial charge in [0.1, 0.15) is 5.01 Å². The molecule has 196 valence electrons. The van der Waals surface area contributed by atoms with E-state index in [0.29, 0.717) is 11.5 Å². The van der Waals surface area contributed by atoms with Gasteiger partial charge in [-0.1, -0.05) is 11.3 Å². The lowest BCUT2D eigenvalue weighted by Crippen LogP contribution is -2.41. The van der Waals surface area contributed by atoms with Crippen LogP contribution in [-0.2, 0) is 14.3 Å². The van der Waals surface area contributed by atoms with E-state index >= 15 is 0 Å². The number of aliphatic carboxylic acids is 2. The number of ether oxygens (including phenoxy) is 1.